The van der Waals surface area contributed by atoms with Crippen molar-refractivity contribution in [3.8, 4) is 11.5 Å². The van der Waals surface area contributed by atoms with Crippen LogP contribution in [0.1, 0.15) is 29.2 Å². The molecule has 0 spiro atoms. The summed E-state index contributed by atoms with van der Waals surface area (Å²) in [4.78, 5) is 0. The van der Waals surface area contributed by atoms with Crippen molar-refractivity contribution in [1.82, 2.24) is 0 Å². The van der Waals surface area contributed by atoms with Gasteiger partial charge in [0.05, 0.1) is 10.2 Å². The summed E-state index contributed by atoms with van der Waals surface area (Å²) < 4.78 is 13.0. The summed E-state index contributed by atoms with van der Waals surface area (Å²) in [5.41, 5.74) is 5.80. The summed E-state index contributed by atoms with van der Waals surface area (Å²) in [6, 6.07) is 18.2. The molecule has 0 heterocycles. The van der Waals surface area contributed by atoms with Crippen LogP contribution < -0.4 is 14.8 Å². The van der Waals surface area contributed by atoms with E-state index >= 15 is 0 Å². The minimum absolute atomic E-state index is 0.399. The van der Waals surface area contributed by atoms with Crippen LogP contribution in [0.25, 0.3) is 0 Å². The van der Waals surface area contributed by atoms with Gasteiger partial charge in [-0.1, -0.05) is 41.9 Å². The lowest BCUT2D eigenvalue weighted by Gasteiger charge is -2.17. The third kappa shape index (κ3) is 5.58. The average molecular weight is 522 g/mol. The molecule has 0 atom stereocenters. The summed E-state index contributed by atoms with van der Waals surface area (Å²) in [7, 11) is 0. The number of aryl methyl sites for hydroxylation is 1. The van der Waals surface area contributed by atoms with Crippen molar-refractivity contribution in [2.45, 2.75) is 33.9 Å². The van der Waals surface area contributed by atoms with Crippen LogP contribution in [0, 0.1) is 17.4 Å². The van der Waals surface area contributed by atoms with Crippen molar-refractivity contribution in [2.24, 2.45) is 0 Å². The zero-order chi connectivity index (χ0) is 20.8. The van der Waals surface area contributed by atoms with Crippen LogP contribution in [0.3, 0.4) is 0 Å². The van der Waals surface area contributed by atoms with Crippen LogP contribution in [0.4, 0.5) is 5.69 Å². The molecule has 0 aromatic heterocycles. The maximum atomic E-state index is 6.26. The zero-order valence-corrected chi connectivity index (χ0v) is 19.8. The van der Waals surface area contributed by atoms with Crippen molar-refractivity contribution in [3.63, 3.8) is 0 Å². The second kappa shape index (κ2) is 10.2. The molecule has 0 bridgehead atoms. The normalized spacial score (nSPS) is 10.7. The number of benzene rings is 3. The molecule has 0 saturated heterocycles. The van der Waals surface area contributed by atoms with Crippen molar-refractivity contribution in [1.29, 1.82) is 0 Å². The van der Waals surface area contributed by atoms with Gasteiger partial charge in [0.15, 0.2) is 11.5 Å². The Morgan fingerprint density at radius 3 is 2.55 bits per heavy atom. The number of halogens is 2. The van der Waals surface area contributed by atoms with E-state index in [1.54, 1.807) is 0 Å². The summed E-state index contributed by atoms with van der Waals surface area (Å²) >= 11 is 8.56. The number of anilines is 1. The average Bonchev–Trinajstić information content (AvgIpc) is 2.70. The highest BCUT2D eigenvalue weighted by Crippen LogP contribution is 2.35. The predicted octanol–water partition coefficient (Wildman–Crippen LogP) is 7.15. The highest BCUT2D eigenvalue weighted by atomic mass is 127. The van der Waals surface area contributed by atoms with E-state index in [1.165, 1.54) is 11.1 Å². The lowest BCUT2D eigenvalue weighted by Crippen LogP contribution is -2.06. The van der Waals surface area contributed by atoms with E-state index in [1.807, 2.05) is 37.3 Å². The van der Waals surface area contributed by atoms with E-state index in [9.17, 15) is 0 Å². The first-order chi connectivity index (χ1) is 14.0. The first-order valence-electron chi connectivity index (χ1n) is 9.61. The van der Waals surface area contributed by atoms with Gasteiger partial charge in [0.1, 0.15) is 6.61 Å². The smallest absolute Gasteiger partial charge is 0.174 e. The van der Waals surface area contributed by atoms with Crippen LogP contribution in [0.5, 0.6) is 11.5 Å². The SMILES string of the molecule is CCOc1cc(CNc2cccc(C)c2C)cc(I)c1OCc1ccccc1Cl. The van der Waals surface area contributed by atoms with E-state index in [4.69, 9.17) is 21.1 Å². The van der Waals surface area contributed by atoms with Gasteiger partial charge in [-0.25, -0.2) is 0 Å². The molecule has 3 nitrogen and oxygen atoms in total. The second-order valence-electron chi connectivity index (χ2n) is 6.82. The Balaban J connectivity index is 1.78. The highest BCUT2D eigenvalue weighted by molar-refractivity contribution is 14.1. The van der Waals surface area contributed by atoms with Gasteiger partial charge < -0.3 is 14.8 Å². The van der Waals surface area contributed by atoms with E-state index in [2.05, 4.69) is 66.0 Å². The van der Waals surface area contributed by atoms with E-state index in [0.29, 0.717) is 24.8 Å². The lowest BCUT2D eigenvalue weighted by molar-refractivity contribution is 0.267. The van der Waals surface area contributed by atoms with Crippen molar-refractivity contribution < 1.29 is 9.47 Å². The highest BCUT2D eigenvalue weighted by Gasteiger charge is 2.13. The minimum atomic E-state index is 0.399. The number of hydrogen-bond donors (Lipinski definition) is 1. The maximum Gasteiger partial charge on any atom is 0.174 e. The van der Waals surface area contributed by atoms with Crippen molar-refractivity contribution in [2.75, 3.05) is 11.9 Å². The Morgan fingerprint density at radius 1 is 1.00 bits per heavy atom. The predicted molar refractivity (Wildman–Crippen MR) is 129 cm³/mol. The summed E-state index contributed by atoms with van der Waals surface area (Å²) in [6.45, 7) is 7.93. The van der Waals surface area contributed by atoms with Gasteiger partial charge in [-0.3, -0.25) is 0 Å². The van der Waals surface area contributed by atoms with E-state index < -0.39 is 0 Å². The summed E-state index contributed by atoms with van der Waals surface area (Å²) in [5.74, 6) is 1.51. The Bertz CT molecular complexity index is 991. The summed E-state index contributed by atoms with van der Waals surface area (Å²) in [6.07, 6.45) is 0. The molecule has 0 aliphatic rings. The third-order valence-corrected chi connectivity index (χ3v) is 5.96. The van der Waals surface area contributed by atoms with Crippen LogP contribution >= 0.6 is 34.2 Å². The van der Waals surface area contributed by atoms with Crippen LogP contribution in [0.15, 0.2) is 54.6 Å². The Morgan fingerprint density at radius 2 is 1.79 bits per heavy atom. The molecular weight excluding hydrogens is 497 g/mol. The molecule has 152 valence electrons. The van der Waals surface area contributed by atoms with Crippen LogP contribution in [-0.4, -0.2) is 6.61 Å². The molecule has 0 aliphatic heterocycles. The van der Waals surface area contributed by atoms with Gasteiger partial charge in [0.2, 0.25) is 0 Å². The minimum Gasteiger partial charge on any atom is -0.490 e. The summed E-state index contributed by atoms with van der Waals surface area (Å²) in [5, 5.41) is 4.24. The lowest BCUT2D eigenvalue weighted by atomic mass is 10.1. The van der Waals surface area contributed by atoms with Gasteiger partial charge >= 0.3 is 0 Å². The molecule has 1 N–H and O–H groups in total. The fourth-order valence-corrected chi connectivity index (χ4v) is 4.04. The number of rotatable bonds is 8. The van der Waals surface area contributed by atoms with Crippen LogP contribution in [0.2, 0.25) is 5.02 Å². The Kier molecular flexibility index (Phi) is 7.67. The maximum absolute atomic E-state index is 6.26. The molecule has 3 rings (SSSR count). The van der Waals surface area contributed by atoms with Gasteiger partial charge in [-0.2, -0.15) is 0 Å². The fraction of sp³-hybridized carbons (Fsp3) is 0.250. The topological polar surface area (TPSA) is 30.5 Å². The fourth-order valence-electron chi connectivity index (χ4n) is 3.03. The van der Waals surface area contributed by atoms with E-state index in [-0.39, 0.29) is 0 Å². The molecule has 3 aromatic carbocycles. The number of nitrogens with one attached hydrogen (secondary N) is 1. The van der Waals surface area contributed by atoms with Gasteiger partial charge in [-0.05, 0) is 84.3 Å². The molecule has 0 radical (unpaired) electrons. The number of hydrogen-bond acceptors (Lipinski definition) is 3. The van der Waals surface area contributed by atoms with Crippen LogP contribution in [-0.2, 0) is 13.2 Å². The van der Waals surface area contributed by atoms with Gasteiger partial charge in [0.25, 0.3) is 0 Å². The molecule has 5 heteroatoms. The van der Waals surface area contributed by atoms with Gasteiger partial charge in [-0.15, -0.1) is 0 Å². The second-order valence-corrected chi connectivity index (χ2v) is 8.39. The van der Waals surface area contributed by atoms with Crippen molar-refractivity contribution in [3.05, 3.63) is 85.4 Å². The molecule has 0 saturated carbocycles. The molecule has 0 aliphatic carbocycles. The monoisotopic (exact) mass is 521 g/mol. The standard InChI is InChI=1S/C24H25ClINO2/c1-4-28-23-13-18(14-27-22-11-7-8-16(2)17(22)3)12-21(26)24(23)29-15-19-9-5-6-10-20(19)25/h5-13,27H,4,14-15H2,1-3H3. The Hall–Kier alpha value is -1.92. The molecule has 29 heavy (non-hydrogen) atoms. The Labute approximate surface area is 191 Å². The first-order valence-corrected chi connectivity index (χ1v) is 11.1. The van der Waals surface area contributed by atoms with E-state index in [0.717, 1.165) is 31.9 Å². The van der Waals surface area contributed by atoms with Crippen molar-refractivity contribution >= 4 is 39.9 Å². The molecule has 3 aromatic rings. The molecule has 0 fully saturated rings. The first kappa shape index (κ1) is 21.8. The largest absolute Gasteiger partial charge is 0.490 e. The zero-order valence-electron chi connectivity index (χ0n) is 16.9. The molecule has 0 amide bonds. The quantitative estimate of drug-likeness (QED) is 0.319. The number of ether oxygens (including phenoxy) is 2. The molecule has 0 unspecified atom stereocenters. The third-order valence-electron chi connectivity index (χ3n) is 4.79. The van der Waals surface area contributed by atoms with Gasteiger partial charge in [0, 0.05) is 22.8 Å². The molecular formula is C24H25ClINO2.